The highest BCUT2D eigenvalue weighted by molar-refractivity contribution is 7.68. The molecular formula is C4H8Cl8Si3. The van der Waals surface area contributed by atoms with Gasteiger partial charge in [0, 0.05) is 0 Å². The quantitative estimate of drug-likeness (QED) is 0.390. The fraction of sp³-hybridized carbons (Fsp3) is 1.00. The predicted molar refractivity (Wildman–Crippen MR) is 83.5 cm³/mol. The number of hydrogen-bond acceptors (Lipinski definition) is 0. The highest BCUT2D eigenvalue weighted by Crippen LogP contribution is 2.52. The van der Waals surface area contributed by atoms with Crippen molar-refractivity contribution in [3.63, 3.8) is 0 Å². The Labute approximate surface area is 131 Å². The zero-order chi connectivity index (χ0) is 12.4. The van der Waals surface area contributed by atoms with Gasteiger partial charge in [0.1, 0.15) is 0 Å². The molecule has 0 radical (unpaired) electrons. The van der Waals surface area contributed by atoms with E-state index in [1.165, 1.54) is 0 Å². The lowest BCUT2D eigenvalue weighted by Gasteiger charge is -2.31. The van der Waals surface area contributed by atoms with Crippen molar-refractivity contribution in [1.82, 2.24) is 0 Å². The summed E-state index contributed by atoms with van der Waals surface area (Å²) in [5, 5.41) is 0. The standard InChI is InChI=1S/C4H8Cl8Si3/c1-3(14(7,8)9)4(2-13(5)6)15(10,11)12/h3-4,13H,2H2,1H3. The summed E-state index contributed by atoms with van der Waals surface area (Å²) in [6.07, 6.45) is 0. The van der Waals surface area contributed by atoms with Gasteiger partial charge < -0.3 is 0 Å². The fourth-order valence-corrected chi connectivity index (χ4v) is 16.0. The van der Waals surface area contributed by atoms with Crippen LogP contribution in [0.25, 0.3) is 0 Å². The monoisotopic (exact) mass is 420 g/mol. The molecule has 2 atom stereocenters. The summed E-state index contributed by atoms with van der Waals surface area (Å²) in [6, 6.07) is -5.39. The first kappa shape index (κ1) is 18.0. The molecule has 0 aliphatic carbocycles. The van der Waals surface area contributed by atoms with E-state index in [1.54, 1.807) is 6.92 Å². The maximum Gasteiger partial charge on any atom is 0.344 e. The van der Waals surface area contributed by atoms with E-state index in [0.717, 1.165) is 0 Å². The smallest absolute Gasteiger partial charge is 0.150 e. The summed E-state index contributed by atoms with van der Waals surface area (Å²) >= 11 is 47.3. The van der Waals surface area contributed by atoms with Crippen LogP contribution in [0.2, 0.25) is 17.1 Å². The largest absolute Gasteiger partial charge is 0.344 e. The Hall–Kier alpha value is 2.97. The molecule has 0 bridgehead atoms. The van der Waals surface area contributed by atoms with Crippen molar-refractivity contribution < 1.29 is 0 Å². The summed E-state index contributed by atoms with van der Waals surface area (Å²) in [5.74, 6) is 0. The number of rotatable bonds is 5. The van der Waals surface area contributed by atoms with Gasteiger partial charge in [-0.2, -0.15) is 22.2 Å². The van der Waals surface area contributed by atoms with Gasteiger partial charge in [-0.25, -0.2) is 0 Å². The first-order chi connectivity index (χ1) is 6.46. The minimum Gasteiger partial charge on any atom is -0.150 e. The van der Waals surface area contributed by atoms with Gasteiger partial charge >= 0.3 is 12.0 Å². The Bertz CT molecular complexity index is 197. The second-order valence-electron chi connectivity index (χ2n) is 3.11. The van der Waals surface area contributed by atoms with Crippen LogP contribution >= 0.6 is 88.6 Å². The van der Waals surface area contributed by atoms with Crippen LogP contribution in [0.3, 0.4) is 0 Å². The Kier molecular flexibility index (Phi) is 8.32. The molecule has 0 aromatic carbocycles. The van der Waals surface area contributed by atoms with Crippen LogP contribution in [0.15, 0.2) is 0 Å². The molecule has 0 saturated carbocycles. The van der Waals surface area contributed by atoms with Gasteiger partial charge in [-0.05, 0) is 17.1 Å². The first-order valence-electron chi connectivity index (χ1n) is 3.87. The van der Waals surface area contributed by atoms with E-state index < -0.39 is 19.4 Å². The van der Waals surface area contributed by atoms with Crippen molar-refractivity contribution >= 4 is 108 Å². The van der Waals surface area contributed by atoms with E-state index in [9.17, 15) is 0 Å². The summed E-state index contributed by atoms with van der Waals surface area (Å²) in [6.45, 7) is 1.78. The maximum absolute atomic E-state index is 5.97. The minimum absolute atomic E-state index is 0.255. The van der Waals surface area contributed by atoms with E-state index in [1.807, 2.05) is 0 Å². The summed E-state index contributed by atoms with van der Waals surface area (Å²) < 4.78 is 0. The molecule has 0 fully saturated rings. The zero-order valence-corrected chi connectivity index (χ0v) is 16.7. The molecule has 0 aromatic heterocycles. The Morgan fingerprint density at radius 3 is 1.53 bits per heavy atom. The van der Waals surface area contributed by atoms with Gasteiger partial charge in [0.25, 0.3) is 0 Å². The molecule has 0 N–H and O–H groups in total. The van der Waals surface area contributed by atoms with Gasteiger partial charge in [-0.3, -0.25) is 0 Å². The molecular weight excluding hydrogens is 416 g/mol. The van der Waals surface area contributed by atoms with Gasteiger partial charge in [0.05, 0.1) is 0 Å². The van der Waals surface area contributed by atoms with Gasteiger partial charge in [-0.1, -0.05) is 6.92 Å². The summed E-state index contributed by atoms with van der Waals surface area (Å²) in [7, 11) is -1.88. The minimum atomic E-state index is -2.96. The van der Waals surface area contributed by atoms with Gasteiger partial charge in [0.2, 0.25) is 7.42 Å². The van der Waals surface area contributed by atoms with E-state index >= 15 is 0 Å². The van der Waals surface area contributed by atoms with Crippen LogP contribution in [-0.4, -0.2) is 19.4 Å². The molecule has 2 unspecified atom stereocenters. The van der Waals surface area contributed by atoms with Crippen molar-refractivity contribution in [1.29, 1.82) is 0 Å². The lowest BCUT2D eigenvalue weighted by Crippen LogP contribution is -2.33. The van der Waals surface area contributed by atoms with Crippen molar-refractivity contribution in [2.75, 3.05) is 0 Å². The average Bonchev–Trinajstić information content (AvgIpc) is 1.94. The molecule has 0 aliphatic heterocycles. The lowest BCUT2D eigenvalue weighted by atomic mass is 10.3. The molecule has 0 rings (SSSR count). The summed E-state index contributed by atoms with van der Waals surface area (Å²) in [4.78, 5) is 0. The predicted octanol–water partition coefficient (Wildman–Crippen LogP) is 5.76. The average molecular weight is 424 g/mol. The van der Waals surface area contributed by atoms with E-state index in [0.29, 0.717) is 6.04 Å². The third kappa shape index (κ3) is 7.21. The third-order valence-corrected chi connectivity index (χ3v) is 13.3. The topological polar surface area (TPSA) is 0 Å². The Balaban J connectivity index is 4.80. The molecule has 0 aliphatic rings. The third-order valence-electron chi connectivity index (χ3n) is 1.97. The molecule has 15 heavy (non-hydrogen) atoms. The van der Waals surface area contributed by atoms with Crippen LogP contribution < -0.4 is 0 Å². The zero-order valence-electron chi connectivity index (χ0n) is 7.46. The van der Waals surface area contributed by atoms with Crippen molar-refractivity contribution in [2.45, 2.75) is 24.1 Å². The van der Waals surface area contributed by atoms with Crippen LogP contribution in [0.5, 0.6) is 0 Å². The lowest BCUT2D eigenvalue weighted by molar-refractivity contribution is 0.851. The van der Waals surface area contributed by atoms with E-state index in [2.05, 4.69) is 0 Å². The van der Waals surface area contributed by atoms with E-state index in [-0.39, 0.29) is 11.1 Å². The Morgan fingerprint density at radius 1 is 0.933 bits per heavy atom. The Morgan fingerprint density at radius 2 is 1.33 bits per heavy atom. The molecule has 0 aromatic rings. The van der Waals surface area contributed by atoms with Crippen molar-refractivity contribution in [3.05, 3.63) is 0 Å². The normalized spacial score (nSPS) is 18.0. The molecule has 0 saturated heterocycles. The van der Waals surface area contributed by atoms with E-state index in [4.69, 9.17) is 88.6 Å². The fourth-order valence-electron chi connectivity index (χ4n) is 1.04. The van der Waals surface area contributed by atoms with Gasteiger partial charge in [-0.15, -0.1) is 66.5 Å². The molecule has 0 heterocycles. The highest BCUT2D eigenvalue weighted by Gasteiger charge is 2.49. The van der Waals surface area contributed by atoms with Crippen LogP contribution in [0.1, 0.15) is 6.92 Å². The second kappa shape index (κ2) is 6.94. The summed E-state index contributed by atoms with van der Waals surface area (Å²) in [5.41, 5.74) is -0.539. The SMILES string of the molecule is CC(C(C[SiH](Cl)Cl)[Si](Cl)(Cl)Cl)[Si](Cl)(Cl)Cl. The van der Waals surface area contributed by atoms with Crippen LogP contribution in [-0.2, 0) is 0 Å². The molecule has 92 valence electrons. The van der Waals surface area contributed by atoms with Crippen molar-refractivity contribution in [3.8, 4) is 0 Å². The molecule has 0 nitrogen and oxygen atoms in total. The van der Waals surface area contributed by atoms with Gasteiger partial charge in [0.15, 0.2) is 0 Å². The van der Waals surface area contributed by atoms with Crippen LogP contribution in [0, 0.1) is 0 Å². The molecule has 0 spiro atoms. The highest BCUT2D eigenvalue weighted by atomic mass is 35.8. The second-order valence-corrected chi connectivity index (χ2v) is 26.2. The first-order valence-corrected chi connectivity index (χ1v) is 18.4. The van der Waals surface area contributed by atoms with Crippen molar-refractivity contribution in [2.24, 2.45) is 0 Å². The number of hydrogen-bond donors (Lipinski definition) is 0. The number of halogens is 8. The maximum atomic E-state index is 5.97. The van der Waals surface area contributed by atoms with Crippen LogP contribution in [0.4, 0.5) is 0 Å². The molecule has 0 amide bonds. The molecule has 11 heteroatoms.